The van der Waals surface area contributed by atoms with Gasteiger partial charge in [-0.2, -0.15) is 0 Å². The first kappa shape index (κ1) is 16.2. The van der Waals surface area contributed by atoms with Gasteiger partial charge in [0.25, 0.3) is 5.91 Å². The van der Waals surface area contributed by atoms with Crippen molar-refractivity contribution in [2.75, 3.05) is 32.0 Å². The van der Waals surface area contributed by atoms with E-state index in [1.165, 1.54) is 18.2 Å². The average molecular weight is 331 g/mol. The first-order chi connectivity index (χ1) is 11.6. The fraction of sp³-hybridized carbons (Fsp3) is 0.294. The topological polar surface area (TPSA) is 77.7 Å². The molecule has 1 fully saturated rings. The van der Waals surface area contributed by atoms with Crippen LogP contribution in [-0.2, 0) is 9.53 Å². The number of benzene rings is 1. The summed E-state index contributed by atoms with van der Waals surface area (Å²) in [6, 6.07) is 11.0. The van der Waals surface area contributed by atoms with Crippen LogP contribution in [0.5, 0.6) is 5.75 Å². The summed E-state index contributed by atoms with van der Waals surface area (Å²) in [6.07, 6.45) is -0.319. The van der Waals surface area contributed by atoms with Gasteiger partial charge in [0.05, 0.1) is 18.8 Å². The first-order valence-corrected chi connectivity index (χ1v) is 7.62. The van der Waals surface area contributed by atoms with Gasteiger partial charge in [0, 0.05) is 12.6 Å². The van der Waals surface area contributed by atoms with Crippen LogP contribution in [0, 0.1) is 5.82 Å². The average Bonchev–Trinajstić information content (AvgIpc) is 2.60. The number of nitrogens with two attached hydrogens (primary N) is 1. The van der Waals surface area contributed by atoms with E-state index < -0.39 is 5.82 Å². The monoisotopic (exact) mass is 331 g/mol. The van der Waals surface area contributed by atoms with Crippen LogP contribution < -0.4 is 10.5 Å². The smallest absolute Gasteiger partial charge is 0.260 e. The Morgan fingerprint density at radius 1 is 1.38 bits per heavy atom. The summed E-state index contributed by atoms with van der Waals surface area (Å²) in [4.78, 5) is 18.2. The molecule has 24 heavy (non-hydrogen) atoms. The Hall–Kier alpha value is -2.67. The molecule has 6 nitrogen and oxygen atoms in total. The molecule has 0 unspecified atom stereocenters. The number of ether oxygens (including phenoxy) is 2. The normalized spacial score (nSPS) is 17.5. The number of hydrogen-bond acceptors (Lipinski definition) is 5. The number of carbonyl (C=O) groups is 1. The lowest BCUT2D eigenvalue weighted by Gasteiger charge is -2.32. The minimum Gasteiger partial charge on any atom is -0.484 e. The van der Waals surface area contributed by atoms with Gasteiger partial charge in [-0.05, 0) is 24.3 Å². The molecule has 1 saturated heterocycles. The summed E-state index contributed by atoms with van der Waals surface area (Å²) in [7, 11) is 0. The number of carbonyl (C=O) groups excluding carboxylic acids is 1. The summed E-state index contributed by atoms with van der Waals surface area (Å²) < 4.78 is 24.1. The fourth-order valence-corrected chi connectivity index (χ4v) is 2.50. The number of halogens is 1. The predicted molar refractivity (Wildman–Crippen MR) is 85.8 cm³/mol. The highest BCUT2D eigenvalue weighted by Crippen LogP contribution is 2.21. The third-order valence-electron chi connectivity index (χ3n) is 3.70. The van der Waals surface area contributed by atoms with E-state index >= 15 is 0 Å². The van der Waals surface area contributed by atoms with Crippen molar-refractivity contribution in [3.05, 3.63) is 54.0 Å². The van der Waals surface area contributed by atoms with E-state index in [4.69, 9.17) is 15.2 Å². The Balaban J connectivity index is 1.59. The summed E-state index contributed by atoms with van der Waals surface area (Å²) >= 11 is 0. The number of rotatable bonds is 4. The molecule has 1 aliphatic rings. The van der Waals surface area contributed by atoms with Crippen LogP contribution >= 0.6 is 0 Å². The molecule has 1 aromatic heterocycles. The molecule has 1 atom stereocenters. The van der Waals surface area contributed by atoms with E-state index in [0.29, 0.717) is 37.0 Å². The van der Waals surface area contributed by atoms with Gasteiger partial charge in [-0.15, -0.1) is 0 Å². The lowest BCUT2D eigenvalue weighted by Crippen LogP contribution is -2.44. The fourth-order valence-electron chi connectivity index (χ4n) is 2.50. The molecule has 0 spiro atoms. The van der Waals surface area contributed by atoms with Gasteiger partial charge in [0.15, 0.2) is 6.61 Å². The van der Waals surface area contributed by atoms with Crippen LogP contribution in [0.1, 0.15) is 11.8 Å². The van der Waals surface area contributed by atoms with Crippen LogP contribution in [-0.4, -0.2) is 42.1 Å². The molecule has 0 bridgehead atoms. The maximum Gasteiger partial charge on any atom is 0.260 e. The third-order valence-corrected chi connectivity index (χ3v) is 3.70. The first-order valence-electron chi connectivity index (χ1n) is 7.62. The summed E-state index contributed by atoms with van der Waals surface area (Å²) in [6.45, 7) is 1.11. The molecule has 2 N–H and O–H groups in total. The molecule has 3 rings (SSSR count). The van der Waals surface area contributed by atoms with E-state index in [9.17, 15) is 9.18 Å². The highest BCUT2D eigenvalue weighted by molar-refractivity contribution is 5.78. The van der Waals surface area contributed by atoms with E-state index in [1.807, 2.05) is 6.07 Å². The molecule has 1 amide bonds. The Labute approximate surface area is 139 Å². The molecular weight excluding hydrogens is 313 g/mol. The second-order valence-electron chi connectivity index (χ2n) is 5.43. The summed E-state index contributed by atoms with van der Waals surface area (Å²) in [5.74, 6) is 0.148. The molecular formula is C17H18FN3O3. The molecule has 1 aromatic carbocycles. The van der Waals surface area contributed by atoms with E-state index in [0.717, 1.165) is 0 Å². The highest BCUT2D eigenvalue weighted by atomic mass is 19.1. The maximum atomic E-state index is 13.1. The van der Waals surface area contributed by atoms with Crippen molar-refractivity contribution >= 4 is 11.7 Å². The third kappa shape index (κ3) is 3.99. The van der Waals surface area contributed by atoms with Crippen molar-refractivity contribution in [1.29, 1.82) is 0 Å². The number of nitrogens with zero attached hydrogens (tertiary/aromatic N) is 2. The Kier molecular flexibility index (Phi) is 4.90. The number of nitrogen functional groups attached to an aromatic ring is 1. The van der Waals surface area contributed by atoms with Crippen molar-refractivity contribution in [3.8, 4) is 5.75 Å². The second kappa shape index (κ2) is 7.27. The van der Waals surface area contributed by atoms with Crippen molar-refractivity contribution < 1.29 is 18.7 Å². The molecule has 126 valence electrons. The predicted octanol–water partition coefficient (Wildman–Crippen LogP) is 1.78. The standard InChI is InChI=1S/C17H18FN3O3/c18-12-3-1-4-13(9-12)24-11-17(22)21-7-8-23-15(10-21)14-5-2-6-16(19)20-14/h1-6,9,15H,7-8,10-11H2,(H2,19,20)/t15-/m1/s1. The quantitative estimate of drug-likeness (QED) is 0.924. The Morgan fingerprint density at radius 3 is 3.00 bits per heavy atom. The zero-order chi connectivity index (χ0) is 16.9. The van der Waals surface area contributed by atoms with Crippen LogP contribution in [0.15, 0.2) is 42.5 Å². The molecule has 0 saturated carbocycles. The van der Waals surface area contributed by atoms with Gasteiger partial charge in [0.1, 0.15) is 23.5 Å². The van der Waals surface area contributed by atoms with E-state index in [-0.39, 0.29) is 18.6 Å². The Morgan fingerprint density at radius 2 is 2.21 bits per heavy atom. The van der Waals surface area contributed by atoms with E-state index in [2.05, 4.69) is 4.98 Å². The number of anilines is 1. The number of amides is 1. The largest absolute Gasteiger partial charge is 0.484 e. The molecule has 7 heteroatoms. The molecule has 0 aliphatic carbocycles. The van der Waals surface area contributed by atoms with E-state index in [1.54, 1.807) is 23.1 Å². The SMILES string of the molecule is Nc1cccc([C@H]2CN(C(=O)COc3cccc(F)c3)CCO2)n1. The van der Waals surface area contributed by atoms with Crippen molar-refractivity contribution in [2.45, 2.75) is 6.10 Å². The Bertz CT molecular complexity index is 726. The van der Waals surface area contributed by atoms with Crippen molar-refractivity contribution in [3.63, 3.8) is 0 Å². The number of morpholine rings is 1. The number of pyridine rings is 1. The van der Waals surface area contributed by atoms with Crippen LogP contribution in [0.4, 0.5) is 10.2 Å². The lowest BCUT2D eigenvalue weighted by atomic mass is 10.2. The van der Waals surface area contributed by atoms with Gasteiger partial charge >= 0.3 is 0 Å². The van der Waals surface area contributed by atoms with Gasteiger partial charge in [-0.1, -0.05) is 12.1 Å². The minimum atomic E-state index is -0.404. The number of hydrogen-bond donors (Lipinski definition) is 1. The second-order valence-corrected chi connectivity index (χ2v) is 5.43. The van der Waals surface area contributed by atoms with Crippen LogP contribution in [0.3, 0.4) is 0 Å². The van der Waals surface area contributed by atoms with Crippen LogP contribution in [0.2, 0.25) is 0 Å². The maximum absolute atomic E-state index is 13.1. The number of aromatic nitrogens is 1. The lowest BCUT2D eigenvalue weighted by molar-refractivity contribution is -0.141. The van der Waals surface area contributed by atoms with Gasteiger partial charge in [-0.3, -0.25) is 4.79 Å². The van der Waals surface area contributed by atoms with Gasteiger partial charge in [0.2, 0.25) is 0 Å². The highest BCUT2D eigenvalue weighted by Gasteiger charge is 2.26. The molecule has 2 aromatic rings. The summed E-state index contributed by atoms with van der Waals surface area (Å²) in [5.41, 5.74) is 6.38. The van der Waals surface area contributed by atoms with Gasteiger partial charge in [-0.25, -0.2) is 9.37 Å². The minimum absolute atomic E-state index is 0.152. The molecule has 0 radical (unpaired) electrons. The van der Waals surface area contributed by atoms with Crippen molar-refractivity contribution in [2.24, 2.45) is 0 Å². The zero-order valence-corrected chi connectivity index (χ0v) is 13.0. The zero-order valence-electron chi connectivity index (χ0n) is 13.0. The van der Waals surface area contributed by atoms with Crippen molar-refractivity contribution in [1.82, 2.24) is 9.88 Å². The molecule has 1 aliphatic heterocycles. The van der Waals surface area contributed by atoms with Crippen LogP contribution in [0.25, 0.3) is 0 Å². The molecule has 2 heterocycles. The van der Waals surface area contributed by atoms with Gasteiger partial charge < -0.3 is 20.1 Å². The summed E-state index contributed by atoms with van der Waals surface area (Å²) in [5, 5.41) is 0.